The Kier molecular flexibility index (Phi) is 4.62. The Hall–Kier alpha value is -0.970. The fourth-order valence-electron chi connectivity index (χ4n) is 1.55. The number of hydrazine groups is 1. The Labute approximate surface area is 102 Å². The summed E-state index contributed by atoms with van der Waals surface area (Å²) < 4.78 is 18.9. The van der Waals surface area contributed by atoms with Crippen LogP contribution in [0, 0.1) is 12.7 Å². The van der Waals surface area contributed by atoms with Crippen molar-refractivity contribution in [1.82, 2.24) is 5.43 Å². The average Bonchev–Trinajstić information content (AvgIpc) is 2.22. The Bertz CT molecular complexity index is 374. The van der Waals surface area contributed by atoms with Crippen LogP contribution in [0.3, 0.4) is 0 Å². The first-order chi connectivity index (χ1) is 7.83. The lowest BCUT2D eigenvalue weighted by Crippen LogP contribution is -2.34. The van der Waals surface area contributed by atoms with E-state index in [1.807, 2.05) is 27.7 Å². The second kappa shape index (κ2) is 5.58. The molecule has 96 valence electrons. The quantitative estimate of drug-likeness (QED) is 0.628. The number of aryl methyl sites for hydroxylation is 1. The smallest absolute Gasteiger partial charge is 0.123 e. The summed E-state index contributed by atoms with van der Waals surface area (Å²) in [6.45, 7) is 8.25. The van der Waals surface area contributed by atoms with Crippen molar-refractivity contribution < 1.29 is 9.13 Å². The van der Waals surface area contributed by atoms with Gasteiger partial charge in [-0.15, -0.1) is 0 Å². The number of nitrogens with one attached hydrogen (secondary N) is 1. The maximum absolute atomic E-state index is 13.2. The van der Waals surface area contributed by atoms with Gasteiger partial charge >= 0.3 is 0 Å². The number of hydrogen-bond acceptors (Lipinski definition) is 3. The van der Waals surface area contributed by atoms with Gasteiger partial charge < -0.3 is 4.74 Å². The molecule has 0 heterocycles. The van der Waals surface area contributed by atoms with Gasteiger partial charge in [0.15, 0.2) is 0 Å². The molecule has 1 atom stereocenters. The predicted octanol–water partition coefficient (Wildman–Crippen LogP) is 2.45. The largest absolute Gasteiger partial charge is 0.374 e. The molecule has 0 aliphatic heterocycles. The molecule has 0 amide bonds. The highest BCUT2D eigenvalue weighted by Crippen LogP contribution is 2.20. The van der Waals surface area contributed by atoms with E-state index in [1.54, 1.807) is 6.07 Å². The van der Waals surface area contributed by atoms with Gasteiger partial charge in [0.05, 0.1) is 18.2 Å². The highest BCUT2D eigenvalue weighted by Gasteiger charge is 2.17. The van der Waals surface area contributed by atoms with E-state index in [-0.39, 0.29) is 17.5 Å². The molecule has 0 saturated heterocycles. The average molecular weight is 240 g/mol. The van der Waals surface area contributed by atoms with Crippen molar-refractivity contribution in [2.45, 2.75) is 39.3 Å². The van der Waals surface area contributed by atoms with Gasteiger partial charge in [-0.2, -0.15) is 0 Å². The van der Waals surface area contributed by atoms with E-state index < -0.39 is 0 Å². The molecule has 3 N–H and O–H groups in total. The molecular formula is C13H21FN2O. The number of rotatable bonds is 4. The van der Waals surface area contributed by atoms with Crippen molar-refractivity contribution in [1.29, 1.82) is 0 Å². The molecule has 0 aliphatic carbocycles. The van der Waals surface area contributed by atoms with Crippen molar-refractivity contribution in [2.75, 3.05) is 6.61 Å². The summed E-state index contributed by atoms with van der Waals surface area (Å²) in [7, 11) is 0. The van der Waals surface area contributed by atoms with Crippen LogP contribution in [0.2, 0.25) is 0 Å². The molecular weight excluding hydrogens is 219 g/mol. The third-order valence-electron chi connectivity index (χ3n) is 2.50. The molecule has 0 bridgehead atoms. The van der Waals surface area contributed by atoms with E-state index in [0.29, 0.717) is 6.61 Å². The standard InChI is InChI=1S/C13H21FN2O/c1-9-5-6-10(14)7-11(9)12(16-15)8-17-13(2,3)4/h5-7,12,16H,8,15H2,1-4H3. The zero-order valence-electron chi connectivity index (χ0n) is 10.9. The zero-order valence-corrected chi connectivity index (χ0v) is 10.9. The van der Waals surface area contributed by atoms with Crippen LogP contribution in [0.1, 0.15) is 37.9 Å². The van der Waals surface area contributed by atoms with E-state index in [1.165, 1.54) is 12.1 Å². The van der Waals surface area contributed by atoms with Crippen LogP contribution in [0.15, 0.2) is 18.2 Å². The molecule has 17 heavy (non-hydrogen) atoms. The molecule has 1 unspecified atom stereocenters. The maximum atomic E-state index is 13.2. The predicted molar refractivity (Wildman–Crippen MR) is 66.9 cm³/mol. The third kappa shape index (κ3) is 4.42. The second-order valence-corrected chi connectivity index (χ2v) is 5.14. The van der Waals surface area contributed by atoms with Crippen LogP contribution < -0.4 is 11.3 Å². The SMILES string of the molecule is Cc1ccc(F)cc1C(COC(C)(C)C)NN. The van der Waals surface area contributed by atoms with Crippen molar-refractivity contribution >= 4 is 0 Å². The van der Waals surface area contributed by atoms with Crippen LogP contribution in [-0.4, -0.2) is 12.2 Å². The molecule has 0 aliphatic rings. The summed E-state index contributed by atoms with van der Waals surface area (Å²) >= 11 is 0. The Morgan fingerprint density at radius 1 is 1.41 bits per heavy atom. The number of ether oxygens (including phenoxy) is 1. The van der Waals surface area contributed by atoms with Gasteiger partial charge in [-0.25, -0.2) is 4.39 Å². The molecule has 0 saturated carbocycles. The minimum absolute atomic E-state index is 0.204. The lowest BCUT2D eigenvalue weighted by molar-refractivity contribution is -0.0149. The molecule has 0 radical (unpaired) electrons. The molecule has 4 heteroatoms. The maximum Gasteiger partial charge on any atom is 0.123 e. The van der Waals surface area contributed by atoms with E-state index in [9.17, 15) is 4.39 Å². The molecule has 0 aromatic heterocycles. The van der Waals surface area contributed by atoms with Gasteiger partial charge in [-0.3, -0.25) is 11.3 Å². The number of hydrogen-bond donors (Lipinski definition) is 2. The minimum atomic E-state index is -0.262. The summed E-state index contributed by atoms with van der Waals surface area (Å²) in [5, 5.41) is 0. The monoisotopic (exact) mass is 240 g/mol. The molecule has 1 aromatic carbocycles. The van der Waals surface area contributed by atoms with Gasteiger partial charge in [-0.1, -0.05) is 6.07 Å². The first-order valence-electron chi connectivity index (χ1n) is 5.69. The second-order valence-electron chi connectivity index (χ2n) is 5.14. The minimum Gasteiger partial charge on any atom is -0.374 e. The number of halogens is 1. The summed E-state index contributed by atoms with van der Waals surface area (Å²) in [6.07, 6.45) is 0. The van der Waals surface area contributed by atoms with Crippen molar-refractivity contribution in [3.05, 3.63) is 35.1 Å². The normalized spacial score (nSPS) is 13.8. The Balaban J connectivity index is 2.82. The van der Waals surface area contributed by atoms with E-state index in [0.717, 1.165) is 11.1 Å². The lowest BCUT2D eigenvalue weighted by atomic mass is 10.0. The van der Waals surface area contributed by atoms with Crippen molar-refractivity contribution in [3.63, 3.8) is 0 Å². The number of benzene rings is 1. The molecule has 1 aromatic rings. The van der Waals surface area contributed by atoms with Crippen molar-refractivity contribution in [3.8, 4) is 0 Å². The van der Waals surface area contributed by atoms with Crippen LogP contribution in [0.25, 0.3) is 0 Å². The molecule has 0 spiro atoms. The third-order valence-corrected chi connectivity index (χ3v) is 2.50. The summed E-state index contributed by atoms with van der Waals surface area (Å²) in [5.41, 5.74) is 4.25. The topological polar surface area (TPSA) is 47.3 Å². The van der Waals surface area contributed by atoms with E-state index in [4.69, 9.17) is 10.6 Å². The van der Waals surface area contributed by atoms with Gasteiger partial charge in [0, 0.05) is 0 Å². The first kappa shape index (κ1) is 14.1. The van der Waals surface area contributed by atoms with Gasteiger partial charge in [-0.05, 0) is 51.0 Å². The summed E-state index contributed by atoms with van der Waals surface area (Å²) in [5.74, 6) is 5.24. The van der Waals surface area contributed by atoms with E-state index in [2.05, 4.69) is 5.43 Å². The fraction of sp³-hybridized carbons (Fsp3) is 0.538. The van der Waals surface area contributed by atoms with Gasteiger partial charge in [0.25, 0.3) is 0 Å². The Morgan fingerprint density at radius 2 is 2.06 bits per heavy atom. The molecule has 0 fully saturated rings. The van der Waals surface area contributed by atoms with E-state index >= 15 is 0 Å². The molecule has 3 nitrogen and oxygen atoms in total. The van der Waals surface area contributed by atoms with Crippen LogP contribution in [-0.2, 0) is 4.74 Å². The van der Waals surface area contributed by atoms with Gasteiger partial charge in [0.2, 0.25) is 0 Å². The Morgan fingerprint density at radius 3 is 2.59 bits per heavy atom. The van der Waals surface area contributed by atoms with Crippen LogP contribution >= 0.6 is 0 Å². The van der Waals surface area contributed by atoms with Crippen LogP contribution in [0.5, 0.6) is 0 Å². The van der Waals surface area contributed by atoms with Gasteiger partial charge in [0.1, 0.15) is 5.82 Å². The summed E-state index contributed by atoms with van der Waals surface area (Å²) in [4.78, 5) is 0. The first-order valence-corrected chi connectivity index (χ1v) is 5.69. The highest BCUT2D eigenvalue weighted by molar-refractivity contribution is 5.29. The van der Waals surface area contributed by atoms with Crippen molar-refractivity contribution in [2.24, 2.45) is 5.84 Å². The molecule has 1 rings (SSSR count). The summed E-state index contributed by atoms with van der Waals surface area (Å²) in [6, 6.07) is 4.47. The highest BCUT2D eigenvalue weighted by atomic mass is 19.1. The van der Waals surface area contributed by atoms with Crippen LogP contribution in [0.4, 0.5) is 4.39 Å². The zero-order chi connectivity index (χ0) is 13.1. The lowest BCUT2D eigenvalue weighted by Gasteiger charge is -2.25. The fourth-order valence-corrected chi connectivity index (χ4v) is 1.55. The number of nitrogens with two attached hydrogens (primary N) is 1.